The van der Waals surface area contributed by atoms with Crippen molar-refractivity contribution < 1.29 is 4.74 Å². The summed E-state index contributed by atoms with van der Waals surface area (Å²) in [6.45, 7) is 0. The SMILES string of the molecule is N#Cc1ccccc1Oc1cc(=O)[nH]cn1. The van der Waals surface area contributed by atoms with Gasteiger partial charge in [-0.25, -0.2) is 4.98 Å². The van der Waals surface area contributed by atoms with E-state index in [0.717, 1.165) is 0 Å². The molecule has 1 aromatic carbocycles. The number of H-pyrrole nitrogens is 1. The van der Waals surface area contributed by atoms with Crippen LogP contribution in [0.1, 0.15) is 5.56 Å². The van der Waals surface area contributed by atoms with E-state index in [9.17, 15) is 4.79 Å². The van der Waals surface area contributed by atoms with Gasteiger partial charge in [0.05, 0.1) is 18.0 Å². The molecule has 0 aliphatic heterocycles. The summed E-state index contributed by atoms with van der Waals surface area (Å²) in [7, 11) is 0. The molecular weight excluding hydrogens is 206 g/mol. The highest BCUT2D eigenvalue weighted by atomic mass is 16.5. The highest BCUT2D eigenvalue weighted by molar-refractivity contribution is 5.43. The van der Waals surface area contributed by atoms with Crippen molar-refractivity contribution >= 4 is 0 Å². The first kappa shape index (κ1) is 9.93. The zero-order chi connectivity index (χ0) is 11.4. The highest BCUT2D eigenvalue weighted by Crippen LogP contribution is 2.21. The number of para-hydroxylation sites is 1. The molecule has 2 aromatic rings. The van der Waals surface area contributed by atoms with Gasteiger partial charge in [0.15, 0.2) is 0 Å². The Bertz CT molecular complexity index is 598. The molecule has 78 valence electrons. The summed E-state index contributed by atoms with van der Waals surface area (Å²) >= 11 is 0. The molecule has 16 heavy (non-hydrogen) atoms. The van der Waals surface area contributed by atoms with E-state index in [0.29, 0.717) is 11.3 Å². The molecule has 0 atom stereocenters. The van der Waals surface area contributed by atoms with Crippen molar-refractivity contribution in [2.45, 2.75) is 0 Å². The van der Waals surface area contributed by atoms with Crippen LogP contribution in [0.2, 0.25) is 0 Å². The Kier molecular flexibility index (Phi) is 2.65. The standard InChI is InChI=1S/C11H7N3O2/c12-6-8-3-1-2-4-9(8)16-11-5-10(15)13-7-14-11/h1-5,7H,(H,13,14,15). The van der Waals surface area contributed by atoms with Crippen LogP contribution in [-0.2, 0) is 0 Å². The number of hydrogen-bond acceptors (Lipinski definition) is 4. The molecule has 5 heteroatoms. The predicted octanol–water partition coefficient (Wildman–Crippen LogP) is 1.43. The molecule has 0 aliphatic rings. The van der Waals surface area contributed by atoms with E-state index in [4.69, 9.17) is 10.00 Å². The largest absolute Gasteiger partial charge is 0.437 e. The molecule has 5 nitrogen and oxygen atoms in total. The van der Waals surface area contributed by atoms with Crippen molar-refractivity contribution in [1.82, 2.24) is 9.97 Å². The molecule has 1 heterocycles. The Morgan fingerprint density at radius 3 is 2.94 bits per heavy atom. The molecule has 0 amide bonds. The van der Waals surface area contributed by atoms with E-state index in [1.165, 1.54) is 12.4 Å². The molecule has 0 bridgehead atoms. The number of ether oxygens (including phenoxy) is 1. The minimum absolute atomic E-state index is 0.159. The van der Waals surface area contributed by atoms with Gasteiger partial charge in [-0.15, -0.1) is 0 Å². The van der Waals surface area contributed by atoms with Crippen molar-refractivity contribution in [2.24, 2.45) is 0 Å². The summed E-state index contributed by atoms with van der Waals surface area (Å²) in [5.41, 5.74) is 0.0871. The summed E-state index contributed by atoms with van der Waals surface area (Å²) in [6, 6.07) is 9.95. The average Bonchev–Trinajstić information content (AvgIpc) is 2.30. The Labute approximate surface area is 91.0 Å². The Morgan fingerprint density at radius 1 is 1.38 bits per heavy atom. The van der Waals surface area contributed by atoms with Crippen LogP contribution in [0.4, 0.5) is 0 Å². The van der Waals surface area contributed by atoms with Gasteiger partial charge in [0.25, 0.3) is 5.56 Å². The summed E-state index contributed by atoms with van der Waals surface area (Å²) < 4.78 is 5.33. The van der Waals surface area contributed by atoms with E-state index >= 15 is 0 Å². The van der Waals surface area contributed by atoms with E-state index in [-0.39, 0.29) is 11.4 Å². The monoisotopic (exact) mass is 213 g/mol. The third-order valence-electron chi connectivity index (χ3n) is 1.88. The highest BCUT2D eigenvalue weighted by Gasteiger charge is 2.04. The smallest absolute Gasteiger partial charge is 0.254 e. The Morgan fingerprint density at radius 2 is 2.19 bits per heavy atom. The summed E-state index contributed by atoms with van der Waals surface area (Å²) in [6.07, 6.45) is 1.24. The quantitative estimate of drug-likeness (QED) is 0.818. The van der Waals surface area contributed by atoms with Crippen LogP contribution in [0.15, 0.2) is 41.5 Å². The number of rotatable bonds is 2. The van der Waals surface area contributed by atoms with Crippen LogP contribution in [0.25, 0.3) is 0 Å². The molecule has 0 radical (unpaired) electrons. The zero-order valence-electron chi connectivity index (χ0n) is 8.18. The second-order valence-electron chi connectivity index (χ2n) is 2.96. The number of hydrogen-bond donors (Lipinski definition) is 1. The number of nitriles is 1. The molecule has 0 spiro atoms. The van der Waals surface area contributed by atoms with Gasteiger partial charge in [0, 0.05) is 0 Å². The van der Waals surface area contributed by atoms with E-state index < -0.39 is 0 Å². The van der Waals surface area contributed by atoms with Crippen LogP contribution in [0, 0.1) is 11.3 Å². The second-order valence-corrected chi connectivity index (χ2v) is 2.96. The van der Waals surface area contributed by atoms with Gasteiger partial charge in [-0.3, -0.25) is 4.79 Å². The fraction of sp³-hybridized carbons (Fsp3) is 0. The van der Waals surface area contributed by atoms with E-state index in [2.05, 4.69) is 9.97 Å². The minimum atomic E-state index is -0.306. The van der Waals surface area contributed by atoms with Crippen molar-refractivity contribution in [1.29, 1.82) is 5.26 Å². The van der Waals surface area contributed by atoms with Gasteiger partial charge in [0.1, 0.15) is 11.8 Å². The van der Waals surface area contributed by atoms with Crippen LogP contribution < -0.4 is 10.3 Å². The number of aromatic nitrogens is 2. The van der Waals surface area contributed by atoms with Crippen LogP contribution in [0.3, 0.4) is 0 Å². The first-order valence-electron chi connectivity index (χ1n) is 4.51. The van der Waals surface area contributed by atoms with Crippen molar-refractivity contribution in [3.8, 4) is 17.7 Å². The molecule has 0 unspecified atom stereocenters. The van der Waals surface area contributed by atoms with Crippen molar-refractivity contribution in [2.75, 3.05) is 0 Å². The third-order valence-corrected chi connectivity index (χ3v) is 1.88. The van der Waals surface area contributed by atoms with Gasteiger partial charge >= 0.3 is 0 Å². The predicted molar refractivity (Wildman–Crippen MR) is 56.1 cm³/mol. The number of aromatic amines is 1. The maximum atomic E-state index is 11.0. The lowest BCUT2D eigenvalue weighted by molar-refractivity contribution is 0.459. The van der Waals surface area contributed by atoms with Gasteiger partial charge in [-0.2, -0.15) is 5.26 Å². The molecule has 0 saturated carbocycles. The average molecular weight is 213 g/mol. The number of nitrogens with zero attached hydrogens (tertiary/aromatic N) is 2. The molecule has 1 N–H and O–H groups in total. The van der Waals surface area contributed by atoms with E-state index in [1.54, 1.807) is 24.3 Å². The van der Waals surface area contributed by atoms with Crippen molar-refractivity contribution in [3.05, 3.63) is 52.6 Å². The third kappa shape index (κ3) is 2.07. The van der Waals surface area contributed by atoms with Gasteiger partial charge in [-0.1, -0.05) is 12.1 Å². The molecular formula is C11H7N3O2. The lowest BCUT2D eigenvalue weighted by Gasteiger charge is -2.04. The molecule has 0 fully saturated rings. The summed E-state index contributed by atoms with van der Waals surface area (Å²) in [4.78, 5) is 17.2. The molecule has 0 saturated heterocycles. The van der Waals surface area contributed by atoms with Crippen LogP contribution >= 0.6 is 0 Å². The zero-order valence-corrected chi connectivity index (χ0v) is 8.18. The lowest BCUT2D eigenvalue weighted by Crippen LogP contribution is -2.04. The number of benzene rings is 1. The topological polar surface area (TPSA) is 78.8 Å². The first-order chi connectivity index (χ1) is 7.79. The van der Waals surface area contributed by atoms with Gasteiger partial charge in [-0.05, 0) is 12.1 Å². The van der Waals surface area contributed by atoms with Gasteiger partial charge in [0.2, 0.25) is 5.88 Å². The van der Waals surface area contributed by atoms with Crippen LogP contribution in [-0.4, -0.2) is 9.97 Å². The fourth-order valence-corrected chi connectivity index (χ4v) is 1.17. The van der Waals surface area contributed by atoms with Crippen LogP contribution in [0.5, 0.6) is 11.6 Å². The van der Waals surface area contributed by atoms with Crippen molar-refractivity contribution in [3.63, 3.8) is 0 Å². The first-order valence-corrected chi connectivity index (χ1v) is 4.51. The maximum Gasteiger partial charge on any atom is 0.254 e. The maximum absolute atomic E-state index is 11.0. The van der Waals surface area contributed by atoms with Gasteiger partial charge < -0.3 is 9.72 Å². The Balaban J connectivity index is 2.35. The summed E-state index contributed by atoms with van der Waals surface area (Å²) in [5.74, 6) is 0.537. The fourth-order valence-electron chi connectivity index (χ4n) is 1.17. The Hall–Kier alpha value is -2.61. The number of nitrogens with one attached hydrogen (secondary N) is 1. The lowest BCUT2D eigenvalue weighted by atomic mass is 10.2. The minimum Gasteiger partial charge on any atom is -0.437 e. The summed E-state index contributed by atoms with van der Waals surface area (Å²) in [5, 5.41) is 8.83. The molecule has 0 aliphatic carbocycles. The molecule has 2 rings (SSSR count). The normalized spacial score (nSPS) is 9.44. The second kappa shape index (κ2) is 4.28. The van der Waals surface area contributed by atoms with E-state index in [1.807, 2.05) is 6.07 Å². The molecule has 1 aromatic heterocycles.